The highest BCUT2D eigenvalue weighted by molar-refractivity contribution is 5.87. The van der Waals surface area contributed by atoms with Crippen molar-refractivity contribution in [2.24, 2.45) is 5.92 Å². The Kier molecular flexibility index (Phi) is 7.99. The second-order valence-electron chi connectivity index (χ2n) is 9.49. The first-order valence-corrected chi connectivity index (χ1v) is 12.6. The molecule has 0 atom stereocenters. The molecule has 0 aromatic heterocycles. The monoisotopic (exact) mass is 422 g/mol. The molecule has 0 heteroatoms. The van der Waals surface area contributed by atoms with Gasteiger partial charge in [-0.1, -0.05) is 78.9 Å². The lowest BCUT2D eigenvalue weighted by molar-refractivity contribution is 0.312. The molecule has 1 aliphatic carbocycles. The average molecular weight is 423 g/mol. The summed E-state index contributed by atoms with van der Waals surface area (Å²) in [4.78, 5) is 0. The maximum atomic E-state index is 2.38. The van der Waals surface area contributed by atoms with E-state index in [0.29, 0.717) is 0 Å². The number of rotatable bonds is 8. The molecule has 0 nitrogen and oxygen atoms in total. The van der Waals surface area contributed by atoms with Crippen molar-refractivity contribution in [3.05, 3.63) is 96.1 Å². The van der Waals surface area contributed by atoms with Gasteiger partial charge >= 0.3 is 0 Å². The fourth-order valence-electron chi connectivity index (χ4n) is 5.28. The van der Waals surface area contributed by atoms with Crippen molar-refractivity contribution >= 4 is 10.8 Å². The van der Waals surface area contributed by atoms with E-state index < -0.39 is 0 Å². The van der Waals surface area contributed by atoms with Gasteiger partial charge in [-0.05, 0) is 116 Å². The Balaban J connectivity index is 1.39. The maximum Gasteiger partial charge on any atom is -0.0162 e. The Morgan fingerprint density at radius 3 is 2.09 bits per heavy atom. The second-order valence-corrected chi connectivity index (χ2v) is 9.49. The van der Waals surface area contributed by atoms with Gasteiger partial charge in [-0.3, -0.25) is 0 Å². The van der Waals surface area contributed by atoms with Gasteiger partial charge in [-0.15, -0.1) is 0 Å². The minimum atomic E-state index is 0.750. The topological polar surface area (TPSA) is 0 Å². The second kappa shape index (κ2) is 11.3. The lowest BCUT2D eigenvalue weighted by atomic mass is 9.77. The molecule has 0 bridgehead atoms. The molecular weight excluding hydrogens is 384 g/mol. The Morgan fingerprint density at radius 2 is 1.34 bits per heavy atom. The van der Waals surface area contributed by atoms with Gasteiger partial charge in [0, 0.05) is 0 Å². The molecule has 0 N–H and O–H groups in total. The zero-order chi connectivity index (χ0) is 22.2. The molecule has 0 unspecified atom stereocenters. The van der Waals surface area contributed by atoms with Crippen LogP contribution in [-0.2, 0) is 6.42 Å². The first kappa shape index (κ1) is 22.6. The van der Waals surface area contributed by atoms with E-state index >= 15 is 0 Å². The van der Waals surface area contributed by atoms with E-state index in [2.05, 4.69) is 98.8 Å². The summed E-state index contributed by atoms with van der Waals surface area (Å²) in [6.07, 6.45) is 19.2. The van der Waals surface area contributed by atoms with Crippen LogP contribution < -0.4 is 0 Å². The molecule has 0 aliphatic heterocycles. The molecule has 0 spiro atoms. The molecule has 3 aromatic carbocycles. The van der Waals surface area contributed by atoms with Gasteiger partial charge in [0.15, 0.2) is 0 Å². The smallest absolute Gasteiger partial charge is 0.0162 e. The van der Waals surface area contributed by atoms with E-state index in [1.165, 1.54) is 71.6 Å². The van der Waals surface area contributed by atoms with Crippen molar-refractivity contribution in [3.8, 4) is 11.1 Å². The number of fused-ring (bicyclic) bond motifs is 1. The van der Waals surface area contributed by atoms with Crippen LogP contribution in [0.1, 0.15) is 75.8 Å². The third kappa shape index (κ3) is 5.80. The Hall–Kier alpha value is -2.60. The highest BCUT2D eigenvalue weighted by Gasteiger charge is 2.21. The van der Waals surface area contributed by atoms with Gasteiger partial charge in [-0.2, -0.15) is 0 Å². The van der Waals surface area contributed by atoms with Crippen LogP contribution in [0.5, 0.6) is 0 Å². The summed E-state index contributed by atoms with van der Waals surface area (Å²) in [6, 6.07) is 23.3. The standard InChI is InChI=1S/C32H38/c1-3-5-7-9-25-11-14-27(15-12-25)28-17-19-29(20-18-28)31-22-21-30-23-26(10-8-6-4-2)13-16-32(30)24-31/h3-6,13,16-25,27H,7-12,14-15H2,1-2H3/b5-3+,6-4+. The molecule has 0 radical (unpaired) electrons. The third-order valence-electron chi connectivity index (χ3n) is 7.28. The lowest BCUT2D eigenvalue weighted by Crippen LogP contribution is -2.13. The molecule has 1 fully saturated rings. The quantitative estimate of drug-likeness (QED) is 0.317. The molecule has 166 valence electrons. The van der Waals surface area contributed by atoms with E-state index in [1.54, 1.807) is 0 Å². The number of hydrogen-bond donors (Lipinski definition) is 0. The van der Waals surface area contributed by atoms with Crippen LogP contribution in [0.2, 0.25) is 0 Å². The van der Waals surface area contributed by atoms with Crippen molar-refractivity contribution in [3.63, 3.8) is 0 Å². The van der Waals surface area contributed by atoms with Gasteiger partial charge in [0.1, 0.15) is 0 Å². The third-order valence-corrected chi connectivity index (χ3v) is 7.28. The summed E-state index contributed by atoms with van der Waals surface area (Å²) in [7, 11) is 0. The van der Waals surface area contributed by atoms with Crippen LogP contribution in [0.15, 0.2) is 85.0 Å². The minimum Gasteiger partial charge on any atom is -0.0917 e. The summed E-state index contributed by atoms with van der Waals surface area (Å²) in [5, 5.41) is 2.67. The molecule has 4 rings (SSSR count). The normalized spacial score (nSPS) is 19.3. The molecular formula is C32H38. The van der Waals surface area contributed by atoms with Crippen LogP contribution in [0.3, 0.4) is 0 Å². The van der Waals surface area contributed by atoms with Crippen LogP contribution in [0, 0.1) is 5.92 Å². The van der Waals surface area contributed by atoms with Crippen molar-refractivity contribution in [2.75, 3.05) is 0 Å². The number of hydrogen-bond acceptors (Lipinski definition) is 0. The molecule has 1 saturated carbocycles. The zero-order valence-electron chi connectivity index (χ0n) is 19.9. The molecule has 0 saturated heterocycles. The highest BCUT2D eigenvalue weighted by Crippen LogP contribution is 2.38. The van der Waals surface area contributed by atoms with Gasteiger partial charge in [0.2, 0.25) is 0 Å². The maximum absolute atomic E-state index is 2.38. The molecule has 0 heterocycles. The van der Waals surface area contributed by atoms with Gasteiger partial charge < -0.3 is 0 Å². The summed E-state index contributed by atoms with van der Waals surface area (Å²) in [5.41, 5.74) is 5.60. The molecule has 1 aliphatic rings. The largest absolute Gasteiger partial charge is 0.0917 e. The van der Waals surface area contributed by atoms with Crippen molar-refractivity contribution in [1.29, 1.82) is 0 Å². The fraction of sp³-hybridized carbons (Fsp3) is 0.375. The number of benzene rings is 3. The van der Waals surface area contributed by atoms with Gasteiger partial charge in [0.05, 0.1) is 0 Å². The van der Waals surface area contributed by atoms with E-state index in [-0.39, 0.29) is 0 Å². The summed E-state index contributed by atoms with van der Waals surface area (Å²) >= 11 is 0. The van der Waals surface area contributed by atoms with Crippen LogP contribution in [-0.4, -0.2) is 0 Å². The Labute approximate surface area is 195 Å². The molecule has 32 heavy (non-hydrogen) atoms. The predicted octanol–water partition coefficient (Wildman–Crippen LogP) is 9.65. The average Bonchev–Trinajstić information content (AvgIpc) is 2.85. The predicted molar refractivity (Wildman–Crippen MR) is 141 cm³/mol. The first-order chi connectivity index (χ1) is 15.8. The van der Waals surface area contributed by atoms with Crippen LogP contribution in [0.25, 0.3) is 21.9 Å². The highest BCUT2D eigenvalue weighted by atomic mass is 14.3. The zero-order valence-corrected chi connectivity index (χ0v) is 19.9. The lowest BCUT2D eigenvalue weighted by Gasteiger charge is -2.28. The van der Waals surface area contributed by atoms with Crippen LogP contribution in [0.4, 0.5) is 0 Å². The molecule has 3 aromatic rings. The molecule has 0 amide bonds. The van der Waals surface area contributed by atoms with Gasteiger partial charge in [-0.25, -0.2) is 0 Å². The van der Waals surface area contributed by atoms with E-state index in [1.807, 2.05) is 0 Å². The van der Waals surface area contributed by atoms with Gasteiger partial charge in [0.25, 0.3) is 0 Å². The first-order valence-electron chi connectivity index (χ1n) is 12.6. The summed E-state index contributed by atoms with van der Waals surface area (Å²) in [5.74, 6) is 1.68. The summed E-state index contributed by atoms with van der Waals surface area (Å²) < 4.78 is 0. The van der Waals surface area contributed by atoms with E-state index in [0.717, 1.165) is 24.7 Å². The Bertz CT molecular complexity index is 1040. The van der Waals surface area contributed by atoms with Crippen molar-refractivity contribution in [1.82, 2.24) is 0 Å². The van der Waals surface area contributed by atoms with Crippen molar-refractivity contribution < 1.29 is 0 Å². The fourth-order valence-corrected chi connectivity index (χ4v) is 5.28. The van der Waals surface area contributed by atoms with Crippen molar-refractivity contribution in [2.45, 2.75) is 71.1 Å². The minimum absolute atomic E-state index is 0.750. The Morgan fingerprint density at radius 1 is 0.688 bits per heavy atom. The number of allylic oxidation sites excluding steroid dienone is 4. The van der Waals surface area contributed by atoms with E-state index in [9.17, 15) is 0 Å². The SMILES string of the molecule is C/C=C/CCc1ccc2cc(-c3ccc(C4CCC(CC/C=C/C)CC4)cc3)ccc2c1. The van der Waals surface area contributed by atoms with E-state index in [4.69, 9.17) is 0 Å². The number of aryl methyl sites for hydroxylation is 1. The van der Waals surface area contributed by atoms with Crippen LogP contribution >= 0.6 is 0 Å². The summed E-state index contributed by atoms with van der Waals surface area (Å²) in [6.45, 7) is 4.22.